The molecule has 1 aliphatic rings. The number of hydrogen-bond acceptors (Lipinski definition) is 4. The molecular formula is C13H21ClN4. The molecule has 2 rings (SSSR count). The zero-order chi connectivity index (χ0) is 13.0. The molecule has 0 unspecified atom stereocenters. The molecule has 0 bridgehead atoms. The average Bonchev–Trinajstić information content (AvgIpc) is 2.36. The third kappa shape index (κ3) is 3.56. The first-order valence-electron chi connectivity index (χ1n) is 6.64. The first-order valence-corrected chi connectivity index (χ1v) is 7.01. The second-order valence-electron chi connectivity index (χ2n) is 4.86. The number of nitrogens with one attached hydrogen (secondary N) is 1. The van der Waals surface area contributed by atoms with Crippen molar-refractivity contribution in [3.05, 3.63) is 16.5 Å². The summed E-state index contributed by atoms with van der Waals surface area (Å²) in [6.45, 7) is 8.24. The molecule has 1 saturated heterocycles. The Labute approximate surface area is 114 Å². The Hall–Kier alpha value is -0.870. The van der Waals surface area contributed by atoms with Crippen LogP contribution >= 0.6 is 11.6 Å². The van der Waals surface area contributed by atoms with E-state index in [1.165, 1.54) is 32.4 Å². The molecule has 0 saturated carbocycles. The predicted molar refractivity (Wildman–Crippen MR) is 75.3 cm³/mol. The lowest BCUT2D eigenvalue weighted by molar-refractivity contribution is 0.237. The molecule has 5 heteroatoms. The smallest absolute Gasteiger partial charge is 0.137 e. The highest BCUT2D eigenvalue weighted by Crippen LogP contribution is 2.19. The first kappa shape index (κ1) is 13.6. The second kappa shape index (κ2) is 6.34. The molecule has 100 valence electrons. The van der Waals surface area contributed by atoms with Crippen molar-refractivity contribution in [1.29, 1.82) is 0 Å². The maximum Gasteiger partial charge on any atom is 0.137 e. The molecule has 0 spiro atoms. The summed E-state index contributed by atoms with van der Waals surface area (Å²) in [5.41, 5.74) is 0.931. The van der Waals surface area contributed by atoms with E-state index in [1.54, 1.807) is 0 Å². The summed E-state index contributed by atoms with van der Waals surface area (Å²) < 4.78 is 0. The van der Waals surface area contributed by atoms with Crippen LogP contribution in [-0.4, -0.2) is 41.0 Å². The number of anilines is 1. The van der Waals surface area contributed by atoms with Crippen molar-refractivity contribution in [2.75, 3.05) is 31.5 Å². The van der Waals surface area contributed by atoms with Crippen molar-refractivity contribution in [2.45, 2.75) is 33.1 Å². The van der Waals surface area contributed by atoms with Gasteiger partial charge in [0.15, 0.2) is 0 Å². The van der Waals surface area contributed by atoms with Crippen LogP contribution in [0.1, 0.15) is 30.7 Å². The monoisotopic (exact) mass is 268 g/mol. The summed E-state index contributed by atoms with van der Waals surface area (Å²) in [6.07, 6.45) is 4.04. The van der Waals surface area contributed by atoms with E-state index in [4.69, 9.17) is 11.6 Å². The van der Waals surface area contributed by atoms with Crippen molar-refractivity contribution in [3.63, 3.8) is 0 Å². The van der Waals surface area contributed by atoms with E-state index in [0.29, 0.717) is 11.0 Å². The summed E-state index contributed by atoms with van der Waals surface area (Å²) in [5, 5.41) is 3.91. The SMILES string of the molecule is Cc1nc(Cl)c(C)c(NCCN2CCCCC2)n1. The van der Waals surface area contributed by atoms with Crippen LogP contribution in [0.5, 0.6) is 0 Å². The zero-order valence-electron chi connectivity index (χ0n) is 11.2. The fourth-order valence-corrected chi connectivity index (χ4v) is 2.49. The Morgan fingerprint density at radius 3 is 2.61 bits per heavy atom. The van der Waals surface area contributed by atoms with Crippen molar-refractivity contribution >= 4 is 17.4 Å². The van der Waals surface area contributed by atoms with Gasteiger partial charge in [0.05, 0.1) is 0 Å². The minimum atomic E-state index is 0.544. The lowest BCUT2D eigenvalue weighted by atomic mass is 10.1. The number of likely N-dealkylation sites (tertiary alicyclic amines) is 1. The van der Waals surface area contributed by atoms with E-state index in [2.05, 4.69) is 20.2 Å². The second-order valence-corrected chi connectivity index (χ2v) is 5.22. The first-order chi connectivity index (χ1) is 8.66. The van der Waals surface area contributed by atoms with Gasteiger partial charge in [-0.05, 0) is 39.8 Å². The standard InChI is InChI=1S/C13H21ClN4/c1-10-12(14)16-11(2)17-13(10)15-6-9-18-7-4-3-5-8-18/h3-9H2,1-2H3,(H,15,16,17). The van der Waals surface area contributed by atoms with Crippen LogP contribution in [0.3, 0.4) is 0 Å². The van der Waals surface area contributed by atoms with Gasteiger partial charge in [-0.1, -0.05) is 18.0 Å². The largest absolute Gasteiger partial charge is 0.368 e. The van der Waals surface area contributed by atoms with Crippen LogP contribution < -0.4 is 5.32 Å². The van der Waals surface area contributed by atoms with Crippen LogP contribution in [-0.2, 0) is 0 Å². The molecule has 1 aliphatic heterocycles. The Morgan fingerprint density at radius 1 is 1.17 bits per heavy atom. The highest BCUT2D eigenvalue weighted by molar-refractivity contribution is 6.30. The summed E-state index contributed by atoms with van der Waals surface area (Å²) >= 11 is 6.05. The molecule has 1 N–H and O–H groups in total. The molecule has 2 heterocycles. The van der Waals surface area contributed by atoms with E-state index < -0.39 is 0 Å². The number of aromatic nitrogens is 2. The van der Waals surface area contributed by atoms with Gasteiger partial charge in [0.1, 0.15) is 16.8 Å². The fraction of sp³-hybridized carbons (Fsp3) is 0.692. The van der Waals surface area contributed by atoms with Gasteiger partial charge in [-0.2, -0.15) is 0 Å². The van der Waals surface area contributed by atoms with Gasteiger partial charge < -0.3 is 10.2 Å². The fourth-order valence-electron chi connectivity index (χ4n) is 2.28. The van der Waals surface area contributed by atoms with Crippen LogP contribution in [0, 0.1) is 13.8 Å². The minimum Gasteiger partial charge on any atom is -0.368 e. The van der Waals surface area contributed by atoms with Gasteiger partial charge in [-0.3, -0.25) is 0 Å². The van der Waals surface area contributed by atoms with Gasteiger partial charge in [-0.25, -0.2) is 9.97 Å². The molecule has 18 heavy (non-hydrogen) atoms. The number of piperidine rings is 1. The van der Waals surface area contributed by atoms with Gasteiger partial charge in [0, 0.05) is 18.7 Å². The molecular weight excluding hydrogens is 248 g/mol. The van der Waals surface area contributed by atoms with Crippen LogP contribution in [0.4, 0.5) is 5.82 Å². The van der Waals surface area contributed by atoms with E-state index in [9.17, 15) is 0 Å². The summed E-state index contributed by atoms with van der Waals surface area (Å²) in [7, 11) is 0. The molecule has 1 aromatic heterocycles. The van der Waals surface area contributed by atoms with E-state index in [-0.39, 0.29) is 0 Å². The summed E-state index contributed by atoms with van der Waals surface area (Å²) in [5.74, 6) is 1.58. The molecule has 4 nitrogen and oxygen atoms in total. The van der Waals surface area contributed by atoms with Crippen molar-refractivity contribution < 1.29 is 0 Å². The molecule has 0 aliphatic carbocycles. The molecule has 0 aromatic carbocycles. The van der Waals surface area contributed by atoms with Crippen LogP contribution in [0.2, 0.25) is 5.15 Å². The normalized spacial score (nSPS) is 16.8. The maximum absolute atomic E-state index is 6.05. The minimum absolute atomic E-state index is 0.544. The van der Waals surface area contributed by atoms with Gasteiger partial charge in [0.2, 0.25) is 0 Å². The Bertz CT molecular complexity index is 402. The van der Waals surface area contributed by atoms with Crippen molar-refractivity contribution in [1.82, 2.24) is 14.9 Å². The average molecular weight is 269 g/mol. The quantitative estimate of drug-likeness (QED) is 0.853. The Kier molecular flexibility index (Phi) is 4.78. The van der Waals surface area contributed by atoms with E-state index >= 15 is 0 Å². The molecule has 0 amide bonds. The van der Waals surface area contributed by atoms with Gasteiger partial charge in [-0.15, -0.1) is 0 Å². The number of nitrogens with zero attached hydrogens (tertiary/aromatic N) is 3. The summed E-state index contributed by atoms with van der Waals surface area (Å²) in [4.78, 5) is 11.0. The topological polar surface area (TPSA) is 41.1 Å². The molecule has 0 atom stereocenters. The third-order valence-corrected chi connectivity index (χ3v) is 3.74. The van der Waals surface area contributed by atoms with E-state index in [1.807, 2.05) is 13.8 Å². The maximum atomic E-state index is 6.05. The lowest BCUT2D eigenvalue weighted by Gasteiger charge is -2.26. The molecule has 1 aromatic rings. The van der Waals surface area contributed by atoms with E-state index in [0.717, 1.165) is 24.5 Å². The number of hydrogen-bond donors (Lipinski definition) is 1. The highest BCUT2D eigenvalue weighted by Gasteiger charge is 2.10. The Balaban J connectivity index is 1.86. The third-order valence-electron chi connectivity index (χ3n) is 3.37. The van der Waals surface area contributed by atoms with Crippen LogP contribution in [0.25, 0.3) is 0 Å². The van der Waals surface area contributed by atoms with Crippen LogP contribution in [0.15, 0.2) is 0 Å². The molecule has 0 radical (unpaired) electrons. The van der Waals surface area contributed by atoms with Gasteiger partial charge >= 0.3 is 0 Å². The van der Waals surface area contributed by atoms with Gasteiger partial charge in [0.25, 0.3) is 0 Å². The number of halogens is 1. The van der Waals surface area contributed by atoms with Crippen molar-refractivity contribution in [2.24, 2.45) is 0 Å². The lowest BCUT2D eigenvalue weighted by Crippen LogP contribution is -2.33. The number of rotatable bonds is 4. The number of aryl methyl sites for hydroxylation is 1. The zero-order valence-corrected chi connectivity index (χ0v) is 11.9. The summed E-state index contributed by atoms with van der Waals surface area (Å²) in [6, 6.07) is 0. The molecule has 1 fully saturated rings. The Morgan fingerprint density at radius 2 is 1.89 bits per heavy atom. The predicted octanol–water partition coefficient (Wildman–Crippen LogP) is 2.64. The van der Waals surface area contributed by atoms with Crippen molar-refractivity contribution in [3.8, 4) is 0 Å². The highest BCUT2D eigenvalue weighted by atomic mass is 35.5.